The second-order valence-corrected chi connectivity index (χ2v) is 3.41. The third-order valence-electron chi connectivity index (χ3n) is 2.17. The van der Waals surface area contributed by atoms with Gasteiger partial charge in [0.25, 0.3) is 0 Å². The quantitative estimate of drug-likeness (QED) is 0.734. The van der Waals surface area contributed by atoms with Crippen LogP contribution in [0.5, 0.6) is 0 Å². The molecule has 0 spiro atoms. The normalized spacial score (nSPS) is 21.7. The van der Waals surface area contributed by atoms with Gasteiger partial charge in [-0.3, -0.25) is 4.79 Å². The fourth-order valence-corrected chi connectivity index (χ4v) is 1.53. The maximum atomic E-state index is 13.3. The Morgan fingerprint density at radius 3 is 2.79 bits per heavy atom. The Bertz CT molecular complexity index is 367. The van der Waals surface area contributed by atoms with E-state index in [1.54, 1.807) is 18.2 Å². The Labute approximate surface area is 81.5 Å². The van der Waals surface area contributed by atoms with Crippen molar-refractivity contribution in [2.24, 2.45) is 0 Å². The number of hydrazine groups is 1. The number of halogens is 1. The Hall–Kier alpha value is -1.42. The van der Waals surface area contributed by atoms with Gasteiger partial charge in [0.15, 0.2) is 0 Å². The fourth-order valence-electron chi connectivity index (χ4n) is 1.53. The van der Waals surface area contributed by atoms with Crippen LogP contribution in [0.2, 0.25) is 0 Å². The SMILES string of the molecule is CC1CC(=O)N(c2ccccc2F)N1. The molecule has 1 aliphatic heterocycles. The first-order valence-electron chi connectivity index (χ1n) is 4.52. The highest BCUT2D eigenvalue weighted by Gasteiger charge is 2.28. The molecule has 1 atom stereocenters. The number of carbonyl (C=O) groups is 1. The molecular weight excluding hydrogens is 183 g/mol. The molecule has 0 aromatic heterocycles. The van der Waals surface area contributed by atoms with Crippen LogP contribution >= 0.6 is 0 Å². The molecule has 0 radical (unpaired) electrons. The van der Waals surface area contributed by atoms with Crippen molar-refractivity contribution in [3.8, 4) is 0 Å². The molecule has 1 amide bonds. The number of hydrogen-bond donors (Lipinski definition) is 1. The van der Waals surface area contributed by atoms with E-state index in [1.807, 2.05) is 6.92 Å². The second kappa shape index (κ2) is 3.38. The molecule has 2 rings (SSSR count). The van der Waals surface area contributed by atoms with Crippen molar-refractivity contribution in [3.63, 3.8) is 0 Å². The Morgan fingerprint density at radius 1 is 1.50 bits per heavy atom. The number of nitrogens with one attached hydrogen (secondary N) is 1. The van der Waals surface area contributed by atoms with Crippen molar-refractivity contribution in [2.45, 2.75) is 19.4 Å². The van der Waals surface area contributed by atoms with E-state index >= 15 is 0 Å². The van der Waals surface area contributed by atoms with Crippen molar-refractivity contribution in [1.29, 1.82) is 0 Å². The summed E-state index contributed by atoms with van der Waals surface area (Å²) in [5.41, 5.74) is 3.20. The van der Waals surface area contributed by atoms with E-state index in [2.05, 4.69) is 5.43 Å². The van der Waals surface area contributed by atoms with Crippen molar-refractivity contribution < 1.29 is 9.18 Å². The van der Waals surface area contributed by atoms with Crippen LogP contribution in [0.3, 0.4) is 0 Å². The number of rotatable bonds is 1. The van der Waals surface area contributed by atoms with E-state index in [1.165, 1.54) is 11.1 Å². The molecule has 1 aliphatic rings. The first-order chi connectivity index (χ1) is 6.68. The standard InChI is InChI=1S/C10H11FN2O/c1-7-6-10(14)13(12-7)9-5-3-2-4-8(9)11/h2-5,7,12H,6H2,1H3. The predicted octanol–water partition coefficient (Wildman–Crippen LogP) is 1.46. The lowest BCUT2D eigenvalue weighted by molar-refractivity contribution is -0.117. The number of hydrogen-bond acceptors (Lipinski definition) is 2. The zero-order chi connectivity index (χ0) is 10.1. The van der Waals surface area contributed by atoms with Gasteiger partial charge in [-0.05, 0) is 19.1 Å². The second-order valence-electron chi connectivity index (χ2n) is 3.41. The molecule has 1 fully saturated rings. The Morgan fingerprint density at radius 2 is 2.21 bits per heavy atom. The molecule has 3 nitrogen and oxygen atoms in total. The summed E-state index contributed by atoms with van der Waals surface area (Å²) in [4.78, 5) is 11.4. The van der Waals surface area contributed by atoms with Gasteiger partial charge >= 0.3 is 0 Å². The minimum absolute atomic E-state index is 0.0714. The minimum Gasteiger partial charge on any atom is -0.273 e. The largest absolute Gasteiger partial charge is 0.273 e. The van der Waals surface area contributed by atoms with E-state index in [-0.39, 0.29) is 17.8 Å². The molecule has 1 heterocycles. The summed E-state index contributed by atoms with van der Waals surface area (Å²) >= 11 is 0. The van der Waals surface area contributed by atoms with Crippen LogP contribution in [0.25, 0.3) is 0 Å². The van der Waals surface area contributed by atoms with Crippen LogP contribution in [0.4, 0.5) is 10.1 Å². The van der Waals surface area contributed by atoms with E-state index in [9.17, 15) is 9.18 Å². The Balaban J connectivity index is 2.32. The minimum atomic E-state index is -0.387. The van der Waals surface area contributed by atoms with Gasteiger partial charge in [-0.2, -0.15) is 0 Å². The van der Waals surface area contributed by atoms with E-state index < -0.39 is 0 Å². The topological polar surface area (TPSA) is 32.3 Å². The summed E-state index contributed by atoms with van der Waals surface area (Å²) in [6.45, 7) is 1.89. The zero-order valence-corrected chi connectivity index (χ0v) is 7.83. The van der Waals surface area contributed by atoms with Gasteiger partial charge in [0.2, 0.25) is 5.91 Å². The molecule has 1 N–H and O–H groups in total. The van der Waals surface area contributed by atoms with Crippen molar-refractivity contribution in [3.05, 3.63) is 30.1 Å². The molecule has 1 unspecified atom stereocenters. The first-order valence-corrected chi connectivity index (χ1v) is 4.52. The lowest BCUT2D eigenvalue weighted by Crippen LogP contribution is -2.37. The zero-order valence-electron chi connectivity index (χ0n) is 7.83. The Kier molecular flexibility index (Phi) is 2.21. The number of benzene rings is 1. The summed E-state index contributed by atoms with van der Waals surface area (Å²) in [5, 5.41) is 1.28. The molecule has 1 saturated heterocycles. The maximum absolute atomic E-state index is 13.3. The third kappa shape index (κ3) is 1.48. The molecule has 14 heavy (non-hydrogen) atoms. The lowest BCUT2D eigenvalue weighted by atomic mass is 10.2. The van der Waals surface area contributed by atoms with E-state index in [0.717, 1.165) is 0 Å². The smallest absolute Gasteiger partial charge is 0.243 e. The number of nitrogens with zero attached hydrogens (tertiary/aromatic N) is 1. The summed E-state index contributed by atoms with van der Waals surface area (Å²) in [7, 11) is 0. The third-order valence-corrected chi connectivity index (χ3v) is 2.17. The van der Waals surface area contributed by atoms with Gasteiger partial charge in [-0.25, -0.2) is 14.8 Å². The molecule has 0 aliphatic carbocycles. The molecule has 1 aromatic carbocycles. The molecule has 0 saturated carbocycles. The van der Waals surface area contributed by atoms with Crippen LogP contribution in [0.15, 0.2) is 24.3 Å². The van der Waals surface area contributed by atoms with Crippen LogP contribution < -0.4 is 10.4 Å². The van der Waals surface area contributed by atoms with Crippen LogP contribution in [0.1, 0.15) is 13.3 Å². The van der Waals surface area contributed by atoms with Crippen LogP contribution in [-0.4, -0.2) is 11.9 Å². The highest BCUT2D eigenvalue weighted by Crippen LogP contribution is 2.21. The van der Waals surface area contributed by atoms with Gasteiger partial charge in [-0.1, -0.05) is 12.1 Å². The fraction of sp³-hybridized carbons (Fsp3) is 0.300. The molecule has 4 heteroatoms. The monoisotopic (exact) mass is 194 g/mol. The molecular formula is C10H11FN2O. The van der Waals surface area contributed by atoms with Gasteiger partial charge < -0.3 is 0 Å². The van der Waals surface area contributed by atoms with Gasteiger partial charge in [0.1, 0.15) is 5.82 Å². The average molecular weight is 194 g/mol. The summed E-state index contributed by atoms with van der Waals surface area (Å²) in [6.07, 6.45) is 0.411. The van der Waals surface area contributed by atoms with Gasteiger partial charge in [0, 0.05) is 12.5 Å². The van der Waals surface area contributed by atoms with Gasteiger partial charge in [0.05, 0.1) is 5.69 Å². The summed E-state index contributed by atoms with van der Waals surface area (Å²) in [6, 6.07) is 6.30. The molecule has 74 valence electrons. The van der Waals surface area contributed by atoms with Gasteiger partial charge in [-0.15, -0.1) is 0 Å². The number of para-hydroxylation sites is 1. The van der Waals surface area contributed by atoms with Crippen molar-refractivity contribution in [1.82, 2.24) is 5.43 Å². The highest BCUT2D eigenvalue weighted by atomic mass is 19.1. The lowest BCUT2D eigenvalue weighted by Gasteiger charge is -2.17. The van der Waals surface area contributed by atoms with Crippen molar-refractivity contribution in [2.75, 3.05) is 5.01 Å². The average Bonchev–Trinajstić information content (AvgIpc) is 2.46. The van der Waals surface area contributed by atoms with Crippen LogP contribution in [0, 0.1) is 5.82 Å². The van der Waals surface area contributed by atoms with E-state index in [4.69, 9.17) is 0 Å². The summed E-state index contributed by atoms with van der Waals surface area (Å²) in [5.74, 6) is -0.481. The number of carbonyl (C=O) groups excluding carboxylic acids is 1. The predicted molar refractivity (Wildman–Crippen MR) is 51.1 cm³/mol. The molecule has 1 aromatic rings. The number of amides is 1. The first kappa shape index (κ1) is 9.15. The number of anilines is 1. The highest BCUT2D eigenvalue weighted by molar-refractivity contribution is 5.94. The maximum Gasteiger partial charge on any atom is 0.243 e. The van der Waals surface area contributed by atoms with E-state index in [0.29, 0.717) is 12.1 Å². The van der Waals surface area contributed by atoms with Crippen molar-refractivity contribution >= 4 is 11.6 Å². The summed E-state index contributed by atoms with van der Waals surface area (Å²) < 4.78 is 13.3. The van der Waals surface area contributed by atoms with Crippen LogP contribution in [-0.2, 0) is 4.79 Å². The molecule has 0 bridgehead atoms.